The van der Waals surface area contributed by atoms with Gasteiger partial charge < -0.3 is 10.1 Å². The van der Waals surface area contributed by atoms with Crippen LogP contribution in [0.3, 0.4) is 0 Å². The molecule has 4 aromatic rings. The minimum atomic E-state index is -0.663. The van der Waals surface area contributed by atoms with Crippen LogP contribution < -0.4 is 21.3 Å². The quantitative estimate of drug-likeness (QED) is 0.467. The summed E-state index contributed by atoms with van der Waals surface area (Å²) in [6, 6.07) is 14.8. The third-order valence-electron chi connectivity index (χ3n) is 5.07. The van der Waals surface area contributed by atoms with Gasteiger partial charge in [-0.3, -0.25) is 18.7 Å². The van der Waals surface area contributed by atoms with E-state index in [4.69, 9.17) is 4.74 Å². The molecule has 0 unspecified atom stereocenters. The Balaban J connectivity index is 1.61. The summed E-state index contributed by atoms with van der Waals surface area (Å²) < 4.78 is 21.8. The zero-order valence-electron chi connectivity index (χ0n) is 17.2. The number of aromatic nitrogens is 2. The van der Waals surface area contributed by atoms with Gasteiger partial charge in [-0.15, -0.1) is 11.3 Å². The highest BCUT2D eigenvalue weighted by atomic mass is 32.1. The van der Waals surface area contributed by atoms with Crippen molar-refractivity contribution in [2.45, 2.75) is 19.6 Å². The third-order valence-corrected chi connectivity index (χ3v) is 5.96. The molecule has 7 nitrogen and oxygen atoms in total. The topological polar surface area (TPSA) is 82.3 Å². The van der Waals surface area contributed by atoms with Crippen molar-refractivity contribution < 1.29 is 13.9 Å². The first kappa shape index (κ1) is 21.5. The molecule has 164 valence electrons. The number of thiophene rings is 1. The summed E-state index contributed by atoms with van der Waals surface area (Å²) in [5.41, 5.74) is 0.311. The van der Waals surface area contributed by atoms with E-state index in [1.807, 2.05) is 12.1 Å². The van der Waals surface area contributed by atoms with E-state index in [2.05, 4.69) is 5.32 Å². The molecule has 0 saturated carbocycles. The highest BCUT2D eigenvalue weighted by Crippen LogP contribution is 2.16. The second-order valence-corrected chi connectivity index (χ2v) is 8.03. The minimum Gasteiger partial charge on any atom is -0.497 e. The number of carbonyl (C=O) groups excluding carboxylic acids is 1. The van der Waals surface area contributed by atoms with E-state index in [1.165, 1.54) is 34.1 Å². The molecule has 2 aromatic carbocycles. The predicted octanol–water partition coefficient (Wildman–Crippen LogP) is 2.74. The summed E-state index contributed by atoms with van der Waals surface area (Å²) in [6.07, 6.45) is 0. The molecule has 0 radical (unpaired) electrons. The summed E-state index contributed by atoms with van der Waals surface area (Å²) in [6.45, 7) is -0.204. The van der Waals surface area contributed by atoms with Gasteiger partial charge in [0.2, 0.25) is 5.91 Å². The molecule has 2 aromatic heterocycles. The Hall–Kier alpha value is -3.72. The summed E-state index contributed by atoms with van der Waals surface area (Å²) in [5.74, 6) is -0.177. The fourth-order valence-corrected chi connectivity index (χ4v) is 4.21. The molecule has 0 aliphatic heterocycles. The fraction of sp³-hybridized carbons (Fsp3) is 0.174. The van der Waals surface area contributed by atoms with Gasteiger partial charge in [0.05, 0.1) is 19.2 Å². The highest BCUT2D eigenvalue weighted by molar-refractivity contribution is 7.17. The second-order valence-electron chi connectivity index (χ2n) is 7.11. The number of fused-ring (bicyclic) bond motifs is 1. The number of amides is 1. The van der Waals surface area contributed by atoms with Crippen molar-refractivity contribution in [3.63, 3.8) is 0 Å². The van der Waals surface area contributed by atoms with E-state index >= 15 is 0 Å². The van der Waals surface area contributed by atoms with Crippen LogP contribution in [0.4, 0.5) is 4.39 Å². The van der Waals surface area contributed by atoms with Crippen LogP contribution in [-0.2, 0) is 24.4 Å². The maximum Gasteiger partial charge on any atom is 0.332 e. The number of nitrogens with zero attached hydrogens (tertiary/aromatic N) is 2. The summed E-state index contributed by atoms with van der Waals surface area (Å²) in [7, 11) is 1.57. The summed E-state index contributed by atoms with van der Waals surface area (Å²) in [5, 5.41) is 4.46. The number of benzene rings is 2. The molecule has 4 rings (SSSR count). The van der Waals surface area contributed by atoms with Crippen LogP contribution in [-0.4, -0.2) is 22.2 Å². The first-order valence-corrected chi connectivity index (χ1v) is 10.7. The summed E-state index contributed by atoms with van der Waals surface area (Å²) >= 11 is 1.18. The molecule has 0 spiro atoms. The molecule has 1 N–H and O–H groups in total. The predicted molar refractivity (Wildman–Crippen MR) is 121 cm³/mol. The van der Waals surface area contributed by atoms with Gasteiger partial charge in [0.15, 0.2) is 0 Å². The van der Waals surface area contributed by atoms with Crippen LogP contribution in [0, 0.1) is 5.82 Å². The lowest BCUT2D eigenvalue weighted by molar-refractivity contribution is -0.121. The first-order valence-electron chi connectivity index (χ1n) is 9.82. The Kier molecular flexibility index (Phi) is 6.18. The molecule has 32 heavy (non-hydrogen) atoms. The molecule has 1 amide bonds. The van der Waals surface area contributed by atoms with Crippen LogP contribution in [0.1, 0.15) is 11.1 Å². The van der Waals surface area contributed by atoms with Crippen molar-refractivity contribution >= 4 is 27.5 Å². The Morgan fingerprint density at radius 1 is 1.06 bits per heavy atom. The number of hydrogen-bond acceptors (Lipinski definition) is 5. The molecule has 0 atom stereocenters. The van der Waals surface area contributed by atoms with Gasteiger partial charge in [-0.1, -0.05) is 30.3 Å². The van der Waals surface area contributed by atoms with E-state index < -0.39 is 17.1 Å². The van der Waals surface area contributed by atoms with E-state index in [1.54, 1.807) is 36.8 Å². The molecular weight excluding hydrogens is 433 g/mol. The Morgan fingerprint density at radius 3 is 2.53 bits per heavy atom. The van der Waals surface area contributed by atoms with Crippen molar-refractivity contribution in [1.29, 1.82) is 0 Å². The number of nitrogens with one attached hydrogen (secondary N) is 1. The molecule has 2 heterocycles. The highest BCUT2D eigenvalue weighted by Gasteiger charge is 2.17. The Morgan fingerprint density at radius 2 is 1.81 bits per heavy atom. The van der Waals surface area contributed by atoms with Gasteiger partial charge in [0.25, 0.3) is 5.56 Å². The van der Waals surface area contributed by atoms with Crippen molar-refractivity contribution in [2.75, 3.05) is 7.11 Å². The van der Waals surface area contributed by atoms with Gasteiger partial charge in [0.1, 0.15) is 22.8 Å². The number of hydrogen-bond donors (Lipinski definition) is 1. The maximum absolute atomic E-state index is 14.1. The number of carbonyl (C=O) groups is 1. The van der Waals surface area contributed by atoms with Gasteiger partial charge in [0, 0.05) is 12.1 Å². The van der Waals surface area contributed by atoms with E-state index in [-0.39, 0.29) is 31.1 Å². The van der Waals surface area contributed by atoms with E-state index in [0.717, 1.165) is 10.1 Å². The average molecular weight is 453 g/mol. The maximum atomic E-state index is 14.1. The van der Waals surface area contributed by atoms with Crippen molar-refractivity contribution in [3.8, 4) is 5.75 Å². The monoisotopic (exact) mass is 453 g/mol. The molecular formula is C23H20FN3O4S. The molecule has 0 aliphatic carbocycles. The number of ether oxygens (including phenoxy) is 1. The van der Waals surface area contributed by atoms with Crippen LogP contribution in [0.2, 0.25) is 0 Å². The zero-order chi connectivity index (χ0) is 22.7. The van der Waals surface area contributed by atoms with Crippen molar-refractivity contribution in [3.05, 3.63) is 97.8 Å². The normalized spacial score (nSPS) is 10.9. The lowest BCUT2D eigenvalue weighted by atomic mass is 10.2. The third kappa shape index (κ3) is 4.33. The molecule has 0 fully saturated rings. The van der Waals surface area contributed by atoms with Gasteiger partial charge >= 0.3 is 5.69 Å². The Labute approximate surface area is 186 Å². The van der Waals surface area contributed by atoms with Crippen molar-refractivity contribution in [1.82, 2.24) is 14.5 Å². The standard InChI is InChI=1S/C23H20FN3O4S/c1-31-17-8-6-15(7-9-17)12-25-20(28)14-26-19-10-11-32-21(19)22(29)27(23(26)30)13-16-4-2-3-5-18(16)24/h2-11H,12-14H2,1H3,(H,25,28). The lowest BCUT2D eigenvalue weighted by Crippen LogP contribution is -2.42. The Bertz CT molecular complexity index is 1390. The number of rotatable bonds is 7. The van der Waals surface area contributed by atoms with Gasteiger partial charge in [-0.2, -0.15) is 0 Å². The van der Waals surface area contributed by atoms with Crippen LogP contribution >= 0.6 is 11.3 Å². The van der Waals surface area contributed by atoms with Crippen LogP contribution in [0.5, 0.6) is 5.75 Å². The smallest absolute Gasteiger partial charge is 0.332 e. The average Bonchev–Trinajstić information content (AvgIpc) is 3.30. The van der Waals surface area contributed by atoms with Gasteiger partial charge in [-0.25, -0.2) is 9.18 Å². The molecule has 0 bridgehead atoms. The van der Waals surface area contributed by atoms with E-state index in [0.29, 0.717) is 16.0 Å². The van der Waals surface area contributed by atoms with Crippen molar-refractivity contribution in [2.24, 2.45) is 0 Å². The molecule has 0 aliphatic rings. The molecule has 9 heteroatoms. The van der Waals surface area contributed by atoms with E-state index in [9.17, 15) is 18.8 Å². The largest absolute Gasteiger partial charge is 0.497 e. The minimum absolute atomic E-state index is 0.217. The van der Waals surface area contributed by atoms with Crippen LogP contribution in [0.25, 0.3) is 10.2 Å². The fourth-order valence-electron chi connectivity index (χ4n) is 3.37. The first-order chi connectivity index (χ1) is 15.5. The number of methoxy groups -OCH3 is 1. The second kappa shape index (κ2) is 9.19. The van der Waals surface area contributed by atoms with Crippen LogP contribution in [0.15, 0.2) is 69.6 Å². The lowest BCUT2D eigenvalue weighted by Gasteiger charge is -2.13. The zero-order valence-corrected chi connectivity index (χ0v) is 18.0. The SMILES string of the molecule is COc1ccc(CNC(=O)Cn2c(=O)n(Cc3ccccc3F)c(=O)c3sccc32)cc1. The summed E-state index contributed by atoms with van der Waals surface area (Å²) in [4.78, 5) is 38.6. The molecule has 0 saturated heterocycles. The number of halogens is 1. The van der Waals surface area contributed by atoms with Gasteiger partial charge in [-0.05, 0) is 35.2 Å².